The second kappa shape index (κ2) is 17.1. The topological polar surface area (TPSA) is 156 Å². The molecule has 41 heavy (non-hydrogen) atoms. The number of oxime groups is 1. The van der Waals surface area contributed by atoms with E-state index in [0.29, 0.717) is 0 Å². The van der Waals surface area contributed by atoms with Crippen LogP contribution in [0.4, 0.5) is 0 Å². The summed E-state index contributed by atoms with van der Waals surface area (Å²) in [6.45, 7) is 4.51. The summed E-state index contributed by atoms with van der Waals surface area (Å²) in [6.07, 6.45) is -2.85. The standard InChI is InChI=1S/C30H41N3O8/c1-19(2)28(39-4)26(27(36)20(3)34)33-41-18-25(35)31-23(16-21-12-8-6-9-13-21)29(37)32-24(30(38)40-5)17-22-14-10-7-11-15-22/h6-15,19-20,23-24,27-28,34,36H,16-18H2,1-5H3,(H,31,35)(H,32,37)/b33-26+/t20-,23+,24+,27+,28+/m1/s1. The lowest BCUT2D eigenvalue weighted by Gasteiger charge is -2.25. The van der Waals surface area contributed by atoms with Crippen LogP contribution in [0.3, 0.4) is 0 Å². The van der Waals surface area contributed by atoms with Crippen molar-refractivity contribution in [3.8, 4) is 0 Å². The first-order chi connectivity index (χ1) is 19.6. The quantitative estimate of drug-likeness (QED) is 0.134. The van der Waals surface area contributed by atoms with E-state index in [1.54, 1.807) is 0 Å². The van der Waals surface area contributed by atoms with Gasteiger partial charge in [-0.05, 0) is 24.0 Å². The lowest BCUT2D eigenvalue weighted by Crippen LogP contribution is -2.53. The lowest BCUT2D eigenvalue weighted by atomic mass is 9.96. The Bertz CT molecular complexity index is 1130. The molecular weight excluding hydrogens is 530 g/mol. The van der Waals surface area contributed by atoms with Gasteiger partial charge in [-0.1, -0.05) is 79.7 Å². The summed E-state index contributed by atoms with van der Waals surface area (Å²) in [7, 11) is 2.68. The molecule has 5 atom stereocenters. The van der Waals surface area contributed by atoms with E-state index in [4.69, 9.17) is 14.3 Å². The van der Waals surface area contributed by atoms with Crippen LogP contribution >= 0.6 is 0 Å². The minimum Gasteiger partial charge on any atom is -0.467 e. The number of aliphatic hydroxyl groups is 2. The Kier molecular flexibility index (Phi) is 13.9. The van der Waals surface area contributed by atoms with Gasteiger partial charge in [0.05, 0.1) is 13.2 Å². The number of nitrogens with one attached hydrogen (secondary N) is 2. The number of esters is 1. The molecule has 0 radical (unpaired) electrons. The summed E-state index contributed by atoms with van der Waals surface area (Å²) < 4.78 is 10.3. The Labute approximate surface area is 240 Å². The third-order valence-electron chi connectivity index (χ3n) is 6.30. The van der Waals surface area contributed by atoms with Gasteiger partial charge in [0.2, 0.25) is 5.91 Å². The van der Waals surface area contributed by atoms with E-state index in [1.807, 2.05) is 74.5 Å². The van der Waals surface area contributed by atoms with E-state index in [0.717, 1.165) is 11.1 Å². The molecule has 0 aromatic heterocycles. The zero-order chi connectivity index (χ0) is 30.4. The Morgan fingerprint density at radius 1 is 0.829 bits per heavy atom. The van der Waals surface area contributed by atoms with Crippen molar-refractivity contribution in [2.75, 3.05) is 20.8 Å². The number of hydrogen-bond donors (Lipinski definition) is 4. The van der Waals surface area contributed by atoms with Crippen molar-refractivity contribution in [1.82, 2.24) is 10.6 Å². The van der Waals surface area contributed by atoms with Gasteiger partial charge in [0, 0.05) is 20.0 Å². The molecule has 11 nitrogen and oxygen atoms in total. The first-order valence-corrected chi connectivity index (χ1v) is 13.4. The van der Waals surface area contributed by atoms with Gasteiger partial charge < -0.3 is 35.2 Å². The SMILES string of the molecule is COC(=O)[C@H](Cc1ccccc1)NC(=O)[C@H](Cc1ccccc1)NC(=O)CO/N=C(/[C@@H](OC)C(C)C)[C@@H](O)[C@@H](C)O. The van der Waals surface area contributed by atoms with Crippen molar-refractivity contribution in [1.29, 1.82) is 0 Å². The molecule has 2 aromatic rings. The minimum atomic E-state index is -1.37. The number of carbonyl (C=O) groups excluding carboxylic acids is 3. The van der Waals surface area contributed by atoms with Gasteiger partial charge >= 0.3 is 5.97 Å². The van der Waals surface area contributed by atoms with Crippen LogP contribution < -0.4 is 10.6 Å². The second-order valence-electron chi connectivity index (χ2n) is 9.96. The Morgan fingerprint density at radius 2 is 1.37 bits per heavy atom. The first kappa shape index (κ1) is 33.4. The number of amides is 2. The van der Waals surface area contributed by atoms with Gasteiger partial charge in [-0.2, -0.15) is 0 Å². The van der Waals surface area contributed by atoms with Crippen LogP contribution in [0, 0.1) is 5.92 Å². The first-order valence-electron chi connectivity index (χ1n) is 13.4. The Hall–Kier alpha value is -3.80. The summed E-state index contributed by atoms with van der Waals surface area (Å²) in [6, 6.07) is 16.2. The number of aliphatic hydroxyl groups excluding tert-OH is 2. The van der Waals surface area contributed by atoms with Gasteiger partial charge in [-0.15, -0.1) is 0 Å². The van der Waals surface area contributed by atoms with Crippen molar-refractivity contribution >= 4 is 23.5 Å². The van der Waals surface area contributed by atoms with E-state index < -0.39 is 54.8 Å². The molecule has 11 heteroatoms. The molecule has 0 bridgehead atoms. The van der Waals surface area contributed by atoms with Gasteiger partial charge in [0.1, 0.15) is 30.0 Å². The molecule has 4 N–H and O–H groups in total. The van der Waals surface area contributed by atoms with E-state index in [2.05, 4.69) is 15.8 Å². The number of carbonyl (C=O) groups is 3. The van der Waals surface area contributed by atoms with Gasteiger partial charge in [-0.3, -0.25) is 9.59 Å². The van der Waals surface area contributed by atoms with Crippen molar-refractivity contribution in [2.24, 2.45) is 11.1 Å². The van der Waals surface area contributed by atoms with Crippen molar-refractivity contribution in [2.45, 2.75) is 64.0 Å². The van der Waals surface area contributed by atoms with Crippen LogP contribution in [0.2, 0.25) is 0 Å². The van der Waals surface area contributed by atoms with Crippen LogP contribution in [0.25, 0.3) is 0 Å². The van der Waals surface area contributed by atoms with Gasteiger partial charge in [0.25, 0.3) is 5.91 Å². The molecule has 0 aliphatic carbocycles. The third-order valence-corrected chi connectivity index (χ3v) is 6.30. The maximum atomic E-state index is 13.4. The fraction of sp³-hybridized carbons (Fsp3) is 0.467. The smallest absolute Gasteiger partial charge is 0.328 e. The predicted molar refractivity (Wildman–Crippen MR) is 153 cm³/mol. The highest BCUT2D eigenvalue weighted by molar-refractivity contribution is 5.93. The van der Waals surface area contributed by atoms with E-state index in [9.17, 15) is 24.6 Å². The number of ether oxygens (including phenoxy) is 2. The van der Waals surface area contributed by atoms with E-state index in [1.165, 1.54) is 21.1 Å². The molecule has 2 rings (SSSR count). The van der Waals surface area contributed by atoms with Crippen molar-refractivity contribution in [3.05, 3.63) is 71.8 Å². The molecule has 224 valence electrons. The molecule has 0 aliphatic rings. The predicted octanol–water partition coefficient (Wildman–Crippen LogP) is 1.40. The molecule has 2 aromatic carbocycles. The molecule has 0 aliphatic heterocycles. The zero-order valence-electron chi connectivity index (χ0n) is 24.2. The van der Waals surface area contributed by atoms with Gasteiger partial charge in [-0.25, -0.2) is 4.79 Å². The molecule has 2 amide bonds. The molecule has 0 saturated heterocycles. The van der Waals surface area contributed by atoms with E-state index in [-0.39, 0.29) is 24.5 Å². The largest absolute Gasteiger partial charge is 0.467 e. The molecular formula is C30H41N3O8. The van der Waals surface area contributed by atoms with Crippen LogP contribution in [0.1, 0.15) is 31.9 Å². The molecule has 0 unspecified atom stereocenters. The normalized spacial score (nSPS) is 15.3. The minimum absolute atomic E-state index is 0.0331. The van der Waals surface area contributed by atoms with Gasteiger partial charge in [0.15, 0.2) is 6.61 Å². The van der Waals surface area contributed by atoms with Crippen LogP contribution in [-0.4, -0.2) is 84.9 Å². The maximum Gasteiger partial charge on any atom is 0.328 e. The molecule has 0 heterocycles. The zero-order valence-corrected chi connectivity index (χ0v) is 24.2. The summed E-state index contributed by atoms with van der Waals surface area (Å²) >= 11 is 0. The highest BCUT2D eigenvalue weighted by atomic mass is 16.6. The number of methoxy groups -OCH3 is 2. The van der Waals surface area contributed by atoms with Crippen molar-refractivity contribution in [3.63, 3.8) is 0 Å². The molecule has 0 fully saturated rings. The number of rotatable bonds is 16. The third kappa shape index (κ3) is 10.9. The average molecular weight is 572 g/mol. The Morgan fingerprint density at radius 3 is 1.83 bits per heavy atom. The number of benzene rings is 2. The number of nitrogens with zero attached hydrogens (tertiary/aromatic N) is 1. The molecule has 0 saturated carbocycles. The summed E-state index contributed by atoms with van der Waals surface area (Å²) in [5.41, 5.74) is 1.64. The summed E-state index contributed by atoms with van der Waals surface area (Å²) in [5.74, 6) is -1.97. The van der Waals surface area contributed by atoms with Crippen LogP contribution in [0.15, 0.2) is 65.8 Å². The second-order valence-corrected chi connectivity index (χ2v) is 9.96. The van der Waals surface area contributed by atoms with E-state index >= 15 is 0 Å². The Balaban J connectivity index is 2.19. The molecule has 0 spiro atoms. The fourth-order valence-corrected chi connectivity index (χ4v) is 4.17. The average Bonchev–Trinajstić information content (AvgIpc) is 2.96. The monoisotopic (exact) mass is 571 g/mol. The summed E-state index contributed by atoms with van der Waals surface area (Å²) in [5, 5.41) is 29.5. The van der Waals surface area contributed by atoms with Crippen LogP contribution in [0.5, 0.6) is 0 Å². The highest BCUT2D eigenvalue weighted by Gasteiger charge is 2.31. The highest BCUT2D eigenvalue weighted by Crippen LogP contribution is 2.13. The fourth-order valence-electron chi connectivity index (χ4n) is 4.17. The van der Waals surface area contributed by atoms with Crippen LogP contribution in [-0.2, 0) is 41.5 Å². The van der Waals surface area contributed by atoms with Crippen molar-refractivity contribution < 1.29 is 38.9 Å². The number of hydrogen-bond acceptors (Lipinski definition) is 9. The lowest BCUT2D eigenvalue weighted by molar-refractivity contribution is -0.145. The maximum absolute atomic E-state index is 13.4. The summed E-state index contributed by atoms with van der Waals surface area (Å²) in [4.78, 5) is 43.9.